The zero-order valence-corrected chi connectivity index (χ0v) is 29.1. The van der Waals surface area contributed by atoms with Crippen LogP contribution in [0.4, 0.5) is 10.5 Å². The van der Waals surface area contributed by atoms with Crippen molar-refractivity contribution >= 4 is 47.4 Å². The van der Waals surface area contributed by atoms with Gasteiger partial charge in [-0.2, -0.15) is 0 Å². The van der Waals surface area contributed by atoms with Crippen LogP contribution in [-0.2, 0) is 28.6 Å². The number of carbonyl (C=O) groups excluding carboxylic acids is 5. The maximum absolute atomic E-state index is 13.9. The number of amides is 2. The second-order valence-corrected chi connectivity index (χ2v) is 14.1. The number of ether oxygens (including phenoxy) is 3. The van der Waals surface area contributed by atoms with Gasteiger partial charge in [0.25, 0.3) is 0 Å². The molecule has 2 aliphatic heterocycles. The van der Waals surface area contributed by atoms with Crippen LogP contribution in [0, 0.1) is 5.92 Å². The second-order valence-electron chi connectivity index (χ2n) is 13.0. The van der Waals surface area contributed by atoms with E-state index in [1.807, 2.05) is 24.3 Å². The van der Waals surface area contributed by atoms with Crippen LogP contribution in [0.15, 0.2) is 59.5 Å². The molecule has 0 bridgehead atoms. The Morgan fingerprint density at radius 2 is 1.67 bits per heavy atom. The molecule has 0 aromatic heterocycles. The Balaban J connectivity index is 1.29. The van der Waals surface area contributed by atoms with Crippen LogP contribution < -0.4 is 10.2 Å². The molecule has 1 unspecified atom stereocenters. The number of nitrogens with zero attached hydrogens (tertiary/aromatic N) is 2. The average Bonchev–Trinajstić information content (AvgIpc) is 3.18. The predicted octanol–water partition coefficient (Wildman–Crippen LogP) is 5.61. The lowest BCUT2D eigenvalue weighted by Gasteiger charge is -2.31. The summed E-state index contributed by atoms with van der Waals surface area (Å²) < 4.78 is 16.0. The van der Waals surface area contributed by atoms with Crippen molar-refractivity contribution in [2.24, 2.45) is 5.92 Å². The van der Waals surface area contributed by atoms with E-state index >= 15 is 0 Å². The second kappa shape index (κ2) is 17.5. The van der Waals surface area contributed by atoms with Gasteiger partial charge in [-0.05, 0) is 77.1 Å². The minimum atomic E-state index is -0.725. The summed E-state index contributed by atoms with van der Waals surface area (Å²) >= 11 is 1.50. The maximum Gasteiger partial charge on any atom is 0.417 e. The number of para-hydroxylation sites is 1. The highest BCUT2D eigenvalue weighted by Crippen LogP contribution is 2.34. The van der Waals surface area contributed by atoms with Crippen molar-refractivity contribution in [1.29, 1.82) is 0 Å². The molecule has 0 saturated carbocycles. The van der Waals surface area contributed by atoms with Gasteiger partial charge in [0.05, 0.1) is 23.9 Å². The molecular weight excluding hydrogens is 634 g/mol. The van der Waals surface area contributed by atoms with Crippen molar-refractivity contribution in [2.75, 3.05) is 36.9 Å². The summed E-state index contributed by atoms with van der Waals surface area (Å²) in [5, 5.41) is 3.28. The summed E-state index contributed by atoms with van der Waals surface area (Å²) in [6.07, 6.45) is 4.00. The molecule has 1 N–H and O–H groups in total. The number of benzene rings is 2. The van der Waals surface area contributed by atoms with Crippen LogP contribution in [0.5, 0.6) is 0 Å². The molecule has 11 nitrogen and oxygen atoms in total. The first kappa shape index (κ1) is 36.9. The number of likely N-dealkylation sites (tertiary alicyclic amines) is 1. The SMILES string of the molecule is CCOC(=O)[C@@H](CCCCC1CCN(C(=O)OC(=O)c2ccccc2)CC1)NC1CSc2ccccc2N(CC(=O)OC(C)(C)C)C1=O. The van der Waals surface area contributed by atoms with Gasteiger partial charge in [-0.25, -0.2) is 9.59 Å². The Kier molecular flexibility index (Phi) is 13.5. The first-order valence-electron chi connectivity index (χ1n) is 16.7. The fourth-order valence-electron chi connectivity index (χ4n) is 5.86. The van der Waals surface area contributed by atoms with Gasteiger partial charge in [0.1, 0.15) is 18.2 Å². The zero-order valence-electron chi connectivity index (χ0n) is 28.3. The highest BCUT2D eigenvalue weighted by molar-refractivity contribution is 7.99. The van der Waals surface area contributed by atoms with E-state index in [9.17, 15) is 24.0 Å². The minimum Gasteiger partial charge on any atom is -0.465 e. The average molecular weight is 682 g/mol. The summed E-state index contributed by atoms with van der Waals surface area (Å²) in [6, 6.07) is 14.5. The van der Waals surface area contributed by atoms with Crippen molar-refractivity contribution in [3.8, 4) is 0 Å². The number of hydrogen-bond acceptors (Lipinski definition) is 10. The van der Waals surface area contributed by atoms with Gasteiger partial charge in [0, 0.05) is 23.7 Å². The molecular formula is C36H47N3O8S. The quantitative estimate of drug-likeness (QED) is 0.131. The highest BCUT2D eigenvalue weighted by Gasteiger charge is 2.36. The van der Waals surface area contributed by atoms with E-state index in [0.717, 1.165) is 37.0 Å². The van der Waals surface area contributed by atoms with Crippen LogP contribution in [0.1, 0.15) is 76.6 Å². The molecule has 2 aromatic carbocycles. The highest BCUT2D eigenvalue weighted by atomic mass is 32.2. The Bertz CT molecular complexity index is 1420. The Labute approximate surface area is 287 Å². The number of nitrogens with one attached hydrogen (secondary N) is 1. The molecule has 1 fully saturated rings. The Hall–Kier alpha value is -3.90. The molecule has 2 aliphatic rings. The molecule has 2 amide bonds. The normalized spacial score (nSPS) is 17.6. The molecule has 0 spiro atoms. The molecule has 260 valence electrons. The molecule has 48 heavy (non-hydrogen) atoms. The van der Waals surface area contributed by atoms with Crippen molar-refractivity contribution in [1.82, 2.24) is 10.2 Å². The van der Waals surface area contributed by atoms with Crippen LogP contribution in [0.25, 0.3) is 0 Å². The monoisotopic (exact) mass is 681 g/mol. The van der Waals surface area contributed by atoms with Gasteiger partial charge in [-0.1, -0.05) is 49.6 Å². The van der Waals surface area contributed by atoms with E-state index in [1.165, 1.54) is 16.7 Å². The van der Waals surface area contributed by atoms with Gasteiger partial charge in [-0.3, -0.25) is 24.6 Å². The predicted molar refractivity (Wildman–Crippen MR) is 183 cm³/mol. The van der Waals surface area contributed by atoms with Gasteiger partial charge in [-0.15, -0.1) is 11.8 Å². The Morgan fingerprint density at radius 1 is 0.979 bits per heavy atom. The van der Waals surface area contributed by atoms with E-state index in [4.69, 9.17) is 14.2 Å². The first-order chi connectivity index (χ1) is 22.9. The number of thioether (sulfide) groups is 1. The lowest BCUT2D eigenvalue weighted by Crippen LogP contribution is -2.54. The van der Waals surface area contributed by atoms with Crippen molar-refractivity contribution in [3.05, 3.63) is 60.2 Å². The van der Waals surface area contributed by atoms with Crippen molar-refractivity contribution < 1.29 is 38.2 Å². The first-order valence-corrected chi connectivity index (χ1v) is 17.7. The third kappa shape index (κ3) is 10.8. The third-order valence-electron chi connectivity index (χ3n) is 8.22. The van der Waals surface area contributed by atoms with Crippen molar-refractivity contribution in [3.63, 3.8) is 0 Å². The molecule has 1 saturated heterocycles. The standard InChI is InChI=1S/C36H47N3O8S/c1-5-45-34(43)27(16-10-9-13-25-19-21-38(22-20-25)35(44)46-33(42)26-14-7-6-8-15-26)37-28-24-48-30-18-12-11-17-29(30)39(32(28)41)23-31(40)47-36(2,3)4/h6-8,11-12,14-15,17-18,25,27-28,37H,5,9-10,13,16,19-24H2,1-4H3/t27-,28?/m1/s1. The Morgan fingerprint density at radius 3 is 2.35 bits per heavy atom. The molecule has 0 radical (unpaired) electrons. The number of fused-ring (bicyclic) bond motifs is 1. The number of carbonyl (C=O) groups is 5. The van der Waals surface area contributed by atoms with Crippen LogP contribution >= 0.6 is 11.8 Å². The molecule has 2 heterocycles. The molecule has 2 aromatic rings. The molecule has 12 heteroatoms. The van der Waals surface area contributed by atoms with Gasteiger partial charge < -0.3 is 19.1 Å². The van der Waals surface area contributed by atoms with E-state index in [-0.39, 0.29) is 19.1 Å². The van der Waals surface area contributed by atoms with E-state index < -0.39 is 41.7 Å². The number of rotatable bonds is 12. The number of anilines is 1. The third-order valence-corrected chi connectivity index (χ3v) is 9.38. The minimum absolute atomic E-state index is 0.221. The fraction of sp³-hybridized carbons (Fsp3) is 0.528. The van der Waals surface area contributed by atoms with Gasteiger partial charge >= 0.3 is 24.0 Å². The topological polar surface area (TPSA) is 132 Å². The summed E-state index contributed by atoms with van der Waals surface area (Å²) in [5.41, 5.74) is 0.276. The van der Waals surface area contributed by atoms with E-state index in [1.54, 1.807) is 62.9 Å². The summed E-state index contributed by atoms with van der Waals surface area (Å²) in [5.74, 6) is -1.09. The number of piperidine rings is 1. The summed E-state index contributed by atoms with van der Waals surface area (Å²) in [6.45, 7) is 8.11. The lowest BCUT2D eigenvalue weighted by molar-refractivity contribution is -0.154. The maximum atomic E-state index is 13.9. The number of hydrogen-bond donors (Lipinski definition) is 1. The number of unbranched alkanes of at least 4 members (excludes halogenated alkanes) is 1. The zero-order chi connectivity index (χ0) is 34.7. The fourth-order valence-corrected chi connectivity index (χ4v) is 6.94. The summed E-state index contributed by atoms with van der Waals surface area (Å²) in [4.78, 5) is 68.4. The number of esters is 3. The molecule has 0 aliphatic carbocycles. The summed E-state index contributed by atoms with van der Waals surface area (Å²) in [7, 11) is 0. The van der Waals surface area contributed by atoms with Crippen molar-refractivity contribution in [2.45, 2.75) is 88.8 Å². The van der Waals surface area contributed by atoms with Gasteiger partial charge in [0.15, 0.2) is 0 Å². The van der Waals surface area contributed by atoms with Crippen LogP contribution in [-0.4, -0.2) is 84.5 Å². The largest absolute Gasteiger partial charge is 0.465 e. The van der Waals surface area contributed by atoms with E-state index in [2.05, 4.69) is 5.32 Å². The smallest absolute Gasteiger partial charge is 0.417 e. The van der Waals surface area contributed by atoms with Crippen LogP contribution in [0.2, 0.25) is 0 Å². The lowest BCUT2D eigenvalue weighted by atomic mass is 9.91. The van der Waals surface area contributed by atoms with Gasteiger partial charge in [0.2, 0.25) is 5.91 Å². The van der Waals surface area contributed by atoms with E-state index in [0.29, 0.717) is 42.4 Å². The molecule has 2 atom stereocenters. The molecule has 4 rings (SSSR count). The van der Waals surface area contributed by atoms with Crippen LogP contribution in [0.3, 0.4) is 0 Å².